The van der Waals surface area contributed by atoms with Crippen LogP contribution in [0.5, 0.6) is 23.0 Å². The maximum Gasteiger partial charge on any atom is 0.235 e. The largest absolute Gasteiger partial charge is 0.449 e. The predicted octanol–water partition coefficient (Wildman–Crippen LogP) is 14.2. The molecule has 1 aliphatic rings. The van der Waals surface area contributed by atoms with Gasteiger partial charge in [0.15, 0.2) is 23.0 Å². The second kappa shape index (κ2) is 12.6. The highest BCUT2D eigenvalue weighted by molar-refractivity contribution is 6.27. The van der Waals surface area contributed by atoms with Crippen LogP contribution in [0.15, 0.2) is 194 Å². The van der Waals surface area contributed by atoms with Gasteiger partial charge in [-0.2, -0.15) is 0 Å². The van der Waals surface area contributed by atoms with Crippen molar-refractivity contribution in [1.29, 1.82) is 0 Å². The number of para-hydroxylation sites is 3. The Hall–Kier alpha value is -8.22. The van der Waals surface area contributed by atoms with Crippen LogP contribution >= 0.6 is 0 Å². The molecule has 280 valence electrons. The zero-order valence-electron chi connectivity index (χ0n) is 32.1. The zero-order chi connectivity index (χ0) is 39.3. The topological polar surface area (TPSA) is 54.1 Å². The minimum atomic E-state index is 0.543. The normalized spacial score (nSPS) is 12.3. The first kappa shape index (κ1) is 32.8. The number of nitrogens with zero attached hydrogens (tertiary/aromatic N) is 4. The molecule has 6 nitrogen and oxygen atoms in total. The summed E-state index contributed by atoms with van der Waals surface area (Å²) >= 11 is 0. The number of benzene rings is 9. The molecule has 1 aliphatic heterocycles. The van der Waals surface area contributed by atoms with Gasteiger partial charge in [-0.05, 0) is 76.5 Å². The van der Waals surface area contributed by atoms with E-state index in [1.54, 1.807) is 0 Å². The molecule has 0 fully saturated rings. The average Bonchev–Trinajstić information content (AvgIpc) is 3.84. The lowest BCUT2D eigenvalue weighted by molar-refractivity contribution is 0.362. The minimum Gasteiger partial charge on any atom is -0.449 e. The molecule has 0 spiro atoms. The highest BCUT2D eigenvalue weighted by Gasteiger charge is 2.29. The third-order valence-electron chi connectivity index (χ3n) is 12.0. The van der Waals surface area contributed by atoms with E-state index in [-0.39, 0.29) is 0 Å². The standard InChI is InChI=1S/C54H32N4O2/c1-3-13-33(14-4-1)34-23-26-37(27-24-34)57-43-20-10-9-19-39(43)40-28-31-44-49(51(40)57)41-29-32-47-53(60-46-22-12-11-21-45(46)59-47)52(41)58(44)54-55-42-30-25-35-15-7-8-18-38(35)48(42)50(56-54)36-16-5-2-6-17-36/h1-32H. The molecule has 3 aromatic heterocycles. The van der Waals surface area contributed by atoms with Crippen molar-refractivity contribution < 1.29 is 9.47 Å². The molecule has 0 radical (unpaired) electrons. The summed E-state index contributed by atoms with van der Waals surface area (Å²) in [6, 6.07) is 67.7. The number of hydrogen-bond donors (Lipinski definition) is 0. The number of ether oxygens (including phenoxy) is 2. The van der Waals surface area contributed by atoms with Gasteiger partial charge >= 0.3 is 0 Å². The summed E-state index contributed by atoms with van der Waals surface area (Å²) in [6.07, 6.45) is 0. The summed E-state index contributed by atoms with van der Waals surface area (Å²) in [7, 11) is 0. The molecule has 0 atom stereocenters. The molecular weight excluding hydrogens is 737 g/mol. The van der Waals surface area contributed by atoms with Crippen molar-refractivity contribution >= 4 is 65.3 Å². The van der Waals surface area contributed by atoms with Crippen molar-refractivity contribution in [1.82, 2.24) is 19.1 Å². The van der Waals surface area contributed by atoms with Crippen LogP contribution in [0.2, 0.25) is 0 Å². The highest BCUT2D eigenvalue weighted by atomic mass is 16.6. The second-order valence-electron chi connectivity index (χ2n) is 15.3. The summed E-state index contributed by atoms with van der Waals surface area (Å²) in [5, 5.41) is 7.67. The van der Waals surface area contributed by atoms with Gasteiger partial charge in [0.2, 0.25) is 5.95 Å². The number of aromatic nitrogens is 4. The zero-order valence-corrected chi connectivity index (χ0v) is 32.1. The van der Waals surface area contributed by atoms with E-state index in [0.29, 0.717) is 28.9 Å². The van der Waals surface area contributed by atoms with Gasteiger partial charge in [-0.25, -0.2) is 9.97 Å². The first-order valence-corrected chi connectivity index (χ1v) is 20.2. The van der Waals surface area contributed by atoms with Crippen LogP contribution in [0.25, 0.3) is 99.3 Å². The van der Waals surface area contributed by atoms with Crippen LogP contribution in [0.4, 0.5) is 0 Å². The van der Waals surface area contributed by atoms with Gasteiger partial charge in [0.25, 0.3) is 0 Å². The molecule has 0 bridgehead atoms. The van der Waals surface area contributed by atoms with Crippen LogP contribution in [-0.4, -0.2) is 19.1 Å². The Kier molecular flexibility index (Phi) is 6.91. The molecule has 6 heteroatoms. The van der Waals surface area contributed by atoms with E-state index in [4.69, 9.17) is 19.4 Å². The molecule has 0 saturated heterocycles. The van der Waals surface area contributed by atoms with Crippen molar-refractivity contribution in [2.24, 2.45) is 0 Å². The van der Waals surface area contributed by atoms with E-state index in [0.717, 1.165) is 76.8 Å². The van der Waals surface area contributed by atoms with Gasteiger partial charge in [0, 0.05) is 38.2 Å². The average molecular weight is 769 g/mol. The minimum absolute atomic E-state index is 0.543. The van der Waals surface area contributed by atoms with Crippen molar-refractivity contribution in [3.8, 4) is 57.0 Å². The third-order valence-corrected chi connectivity index (χ3v) is 12.0. The predicted molar refractivity (Wildman–Crippen MR) is 243 cm³/mol. The van der Waals surface area contributed by atoms with Crippen LogP contribution in [0.1, 0.15) is 0 Å². The maximum atomic E-state index is 6.88. The van der Waals surface area contributed by atoms with E-state index < -0.39 is 0 Å². The Morgan fingerprint density at radius 2 is 1.03 bits per heavy atom. The molecule has 60 heavy (non-hydrogen) atoms. The monoisotopic (exact) mass is 768 g/mol. The molecule has 0 saturated carbocycles. The van der Waals surface area contributed by atoms with Gasteiger partial charge in [-0.15, -0.1) is 0 Å². The van der Waals surface area contributed by atoms with Gasteiger partial charge in [0.05, 0.1) is 27.8 Å². The number of fused-ring (bicyclic) bond motifs is 13. The van der Waals surface area contributed by atoms with Crippen molar-refractivity contribution in [2.45, 2.75) is 0 Å². The van der Waals surface area contributed by atoms with Gasteiger partial charge in [-0.3, -0.25) is 4.57 Å². The van der Waals surface area contributed by atoms with Crippen molar-refractivity contribution in [2.75, 3.05) is 0 Å². The Balaban J connectivity index is 1.17. The van der Waals surface area contributed by atoms with E-state index in [1.807, 2.05) is 36.4 Å². The second-order valence-corrected chi connectivity index (χ2v) is 15.3. The number of rotatable bonds is 4. The first-order valence-electron chi connectivity index (χ1n) is 20.2. The fraction of sp³-hybridized carbons (Fsp3) is 0. The van der Waals surface area contributed by atoms with Crippen LogP contribution in [-0.2, 0) is 0 Å². The van der Waals surface area contributed by atoms with Gasteiger partial charge in [0.1, 0.15) is 5.52 Å². The van der Waals surface area contributed by atoms with Crippen LogP contribution in [0.3, 0.4) is 0 Å². The fourth-order valence-electron chi connectivity index (χ4n) is 9.33. The van der Waals surface area contributed by atoms with E-state index in [9.17, 15) is 0 Å². The van der Waals surface area contributed by atoms with Gasteiger partial charge in [-0.1, -0.05) is 140 Å². The molecule has 0 aliphatic carbocycles. The van der Waals surface area contributed by atoms with Crippen molar-refractivity contribution in [3.63, 3.8) is 0 Å². The molecule has 9 aromatic carbocycles. The molecule has 0 N–H and O–H groups in total. The van der Waals surface area contributed by atoms with Crippen LogP contribution in [0, 0.1) is 0 Å². The Morgan fingerprint density at radius 1 is 0.367 bits per heavy atom. The van der Waals surface area contributed by atoms with Crippen molar-refractivity contribution in [3.05, 3.63) is 194 Å². The first-order chi connectivity index (χ1) is 29.8. The summed E-state index contributed by atoms with van der Waals surface area (Å²) in [6.45, 7) is 0. The summed E-state index contributed by atoms with van der Waals surface area (Å²) < 4.78 is 18.0. The van der Waals surface area contributed by atoms with Gasteiger partial charge < -0.3 is 14.0 Å². The molecule has 12 aromatic rings. The third kappa shape index (κ3) is 4.76. The van der Waals surface area contributed by atoms with E-state index in [2.05, 4.69) is 167 Å². The molecule has 0 unspecified atom stereocenters. The Bertz CT molecular complexity index is 3700. The highest BCUT2D eigenvalue weighted by Crippen LogP contribution is 2.52. The lowest BCUT2D eigenvalue weighted by Gasteiger charge is -2.22. The lowest BCUT2D eigenvalue weighted by Crippen LogP contribution is -2.06. The summed E-state index contributed by atoms with van der Waals surface area (Å²) in [5.74, 6) is 3.13. The summed E-state index contributed by atoms with van der Waals surface area (Å²) in [5.41, 5.74) is 10.2. The molecular formula is C54H32N4O2. The lowest BCUT2D eigenvalue weighted by atomic mass is 10.0. The number of hydrogen-bond acceptors (Lipinski definition) is 4. The quantitative estimate of drug-likeness (QED) is 0.167. The molecule has 4 heterocycles. The van der Waals surface area contributed by atoms with Crippen LogP contribution < -0.4 is 9.47 Å². The molecule has 0 amide bonds. The SMILES string of the molecule is c1ccc(-c2ccc(-n3c4ccccc4c4ccc5c(c6ccc7c(c6n5-c5nc(-c6ccccc6)c6c(ccc8ccccc86)n5)Oc5ccccc5O7)c43)cc2)cc1. The fourth-order valence-corrected chi connectivity index (χ4v) is 9.33. The maximum absolute atomic E-state index is 6.88. The van der Waals surface area contributed by atoms with E-state index in [1.165, 1.54) is 16.5 Å². The Labute approximate surface area is 343 Å². The Morgan fingerprint density at radius 3 is 1.85 bits per heavy atom. The summed E-state index contributed by atoms with van der Waals surface area (Å²) in [4.78, 5) is 11.0. The molecule has 13 rings (SSSR count). The smallest absolute Gasteiger partial charge is 0.235 e. The van der Waals surface area contributed by atoms with E-state index >= 15 is 0 Å².